The zero-order valence-corrected chi connectivity index (χ0v) is 10.1. The maximum atomic E-state index is 11.8. The third kappa shape index (κ3) is 4.27. The van der Waals surface area contributed by atoms with E-state index in [4.69, 9.17) is 5.11 Å². The second kappa shape index (κ2) is 5.23. The second-order valence-electron chi connectivity index (χ2n) is 2.04. The molecule has 0 fully saturated rings. The smallest absolute Gasteiger partial charge is 0.416 e. The Morgan fingerprint density at radius 1 is 1.00 bits per heavy atom. The van der Waals surface area contributed by atoms with Crippen LogP contribution in [0.4, 0.5) is 13.2 Å². The third-order valence-corrected chi connectivity index (χ3v) is 1.19. The van der Waals surface area contributed by atoms with E-state index in [0.717, 1.165) is 24.3 Å². The van der Waals surface area contributed by atoms with Crippen LogP contribution in [-0.4, -0.2) is 5.11 Å². The molecule has 0 unspecified atom stereocenters. The molecule has 0 bridgehead atoms. The van der Waals surface area contributed by atoms with Crippen molar-refractivity contribution >= 4 is 0 Å². The fourth-order valence-electron chi connectivity index (χ4n) is 0.650. The molecule has 0 aliphatic carbocycles. The van der Waals surface area contributed by atoms with Crippen molar-refractivity contribution in [1.82, 2.24) is 0 Å². The Bertz CT molecular complexity index is 243. The number of hydrogen-bond donors (Lipinski definition) is 1. The number of phenolic OH excluding ortho intramolecular Hbond substituents is 1. The number of hydrogen-bond acceptors (Lipinski definition) is 1. The van der Waals surface area contributed by atoms with Gasteiger partial charge in [-0.3, -0.25) is 0 Å². The van der Waals surface area contributed by atoms with Gasteiger partial charge in [0, 0.05) is 19.5 Å². The van der Waals surface area contributed by atoms with Crippen molar-refractivity contribution in [3.8, 4) is 5.75 Å². The van der Waals surface area contributed by atoms with Crippen LogP contribution in [0.2, 0.25) is 0 Å². The number of phenols is 1. The zero-order valence-electron chi connectivity index (χ0n) is 7.10. The molecule has 0 radical (unpaired) electrons. The van der Waals surface area contributed by atoms with Crippen molar-refractivity contribution in [2.75, 3.05) is 0 Å². The van der Waals surface area contributed by atoms with Gasteiger partial charge in [-0.25, -0.2) is 0 Å². The molecule has 0 saturated heterocycles. The van der Waals surface area contributed by atoms with E-state index >= 15 is 0 Å². The van der Waals surface area contributed by atoms with Gasteiger partial charge in [-0.15, -0.1) is 0 Å². The summed E-state index contributed by atoms with van der Waals surface area (Å²) in [7, 11) is 0. The molecule has 0 saturated carbocycles. The molecule has 5 heteroatoms. The summed E-state index contributed by atoms with van der Waals surface area (Å²) in [6, 6.07) is 3.66. The van der Waals surface area contributed by atoms with E-state index in [-0.39, 0.29) is 32.7 Å². The number of rotatable bonds is 0. The van der Waals surface area contributed by atoms with Gasteiger partial charge in [-0.1, -0.05) is 0 Å². The molecule has 0 heterocycles. The SMILES string of the molecule is Oc1ccc(C(F)(F)F)cc1.[CH3-].[Zn]. The van der Waals surface area contributed by atoms with Crippen LogP contribution in [0, 0.1) is 7.43 Å². The van der Waals surface area contributed by atoms with Crippen LogP contribution < -0.4 is 0 Å². The van der Waals surface area contributed by atoms with Crippen molar-refractivity contribution in [3.63, 3.8) is 0 Å². The topological polar surface area (TPSA) is 20.2 Å². The van der Waals surface area contributed by atoms with E-state index in [2.05, 4.69) is 0 Å². The predicted molar refractivity (Wildman–Crippen MR) is 39.5 cm³/mol. The normalized spacial score (nSPS) is 9.77. The van der Waals surface area contributed by atoms with Crippen molar-refractivity contribution < 1.29 is 37.8 Å². The Morgan fingerprint density at radius 2 is 1.38 bits per heavy atom. The third-order valence-electron chi connectivity index (χ3n) is 1.19. The average Bonchev–Trinajstić information content (AvgIpc) is 1.86. The second-order valence-corrected chi connectivity index (χ2v) is 2.04. The van der Waals surface area contributed by atoms with E-state index in [1.165, 1.54) is 0 Å². The maximum absolute atomic E-state index is 11.8. The zero-order chi connectivity index (χ0) is 8.48. The summed E-state index contributed by atoms with van der Waals surface area (Å²) in [6.07, 6.45) is -4.33. The molecule has 70 valence electrons. The number of aromatic hydroxyl groups is 1. The fraction of sp³-hybridized carbons (Fsp3) is 0.125. The van der Waals surface area contributed by atoms with Gasteiger partial charge in [0.2, 0.25) is 0 Å². The van der Waals surface area contributed by atoms with Gasteiger partial charge in [-0.2, -0.15) is 13.2 Å². The largest absolute Gasteiger partial charge is 0.508 e. The van der Waals surface area contributed by atoms with Crippen LogP contribution in [0.5, 0.6) is 5.75 Å². The minimum atomic E-state index is -4.33. The van der Waals surface area contributed by atoms with E-state index in [0.29, 0.717) is 0 Å². The Morgan fingerprint density at radius 3 is 1.69 bits per heavy atom. The number of alkyl halides is 3. The molecule has 0 atom stereocenters. The van der Waals surface area contributed by atoms with Crippen LogP contribution in [0.1, 0.15) is 5.56 Å². The van der Waals surface area contributed by atoms with E-state index in [1.807, 2.05) is 0 Å². The van der Waals surface area contributed by atoms with Crippen molar-refractivity contribution in [1.29, 1.82) is 0 Å². The first-order chi connectivity index (χ1) is 5.00. The summed E-state index contributed by atoms with van der Waals surface area (Å²) in [5.41, 5.74) is -0.754. The first-order valence-electron chi connectivity index (χ1n) is 2.86. The minimum absolute atomic E-state index is 0. The molecular formula is C8H8F3OZn-. The van der Waals surface area contributed by atoms with Crippen LogP contribution in [0.25, 0.3) is 0 Å². The summed E-state index contributed by atoms with van der Waals surface area (Å²) in [6.45, 7) is 0. The van der Waals surface area contributed by atoms with E-state index < -0.39 is 11.7 Å². The van der Waals surface area contributed by atoms with E-state index in [9.17, 15) is 13.2 Å². The van der Waals surface area contributed by atoms with E-state index in [1.54, 1.807) is 0 Å². The maximum Gasteiger partial charge on any atom is 0.416 e. The molecular weight excluding hydrogens is 234 g/mol. The molecule has 1 aromatic carbocycles. The van der Waals surface area contributed by atoms with Gasteiger partial charge in [0.1, 0.15) is 5.75 Å². The summed E-state index contributed by atoms with van der Waals surface area (Å²) in [5, 5.41) is 8.66. The van der Waals surface area contributed by atoms with Crippen molar-refractivity contribution in [3.05, 3.63) is 37.3 Å². The van der Waals surface area contributed by atoms with Crippen LogP contribution in [-0.2, 0) is 25.7 Å². The molecule has 1 nitrogen and oxygen atoms in total. The predicted octanol–water partition coefficient (Wildman–Crippen LogP) is 2.86. The quantitative estimate of drug-likeness (QED) is 0.548. The van der Waals surface area contributed by atoms with Gasteiger partial charge in [0.25, 0.3) is 0 Å². The van der Waals surface area contributed by atoms with Crippen LogP contribution >= 0.6 is 0 Å². The molecule has 0 aliphatic rings. The number of halogens is 3. The molecule has 0 aromatic heterocycles. The Hall–Kier alpha value is -0.567. The van der Waals surface area contributed by atoms with Gasteiger partial charge < -0.3 is 12.5 Å². The fourth-order valence-corrected chi connectivity index (χ4v) is 0.650. The van der Waals surface area contributed by atoms with Gasteiger partial charge in [0.15, 0.2) is 0 Å². The van der Waals surface area contributed by atoms with Crippen molar-refractivity contribution in [2.24, 2.45) is 0 Å². The molecule has 1 aromatic rings. The average molecular weight is 243 g/mol. The summed E-state index contributed by atoms with van der Waals surface area (Å²) >= 11 is 0. The molecule has 13 heavy (non-hydrogen) atoms. The van der Waals surface area contributed by atoms with Crippen LogP contribution in [0.15, 0.2) is 24.3 Å². The number of benzene rings is 1. The first-order valence-corrected chi connectivity index (χ1v) is 2.86. The monoisotopic (exact) mass is 241 g/mol. The summed E-state index contributed by atoms with van der Waals surface area (Å²) in [5.74, 6) is -0.169. The Kier molecular flexibility index (Phi) is 6.00. The Balaban J connectivity index is 0. The molecule has 0 amide bonds. The van der Waals surface area contributed by atoms with Gasteiger partial charge >= 0.3 is 6.18 Å². The van der Waals surface area contributed by atoms with Crippen LogP contribution in [0.3, 0.4) is 0 Å². The standard InChI is InChI=1S/C7H5F3O.CH3.Zn/c8-7(9,10)5-1-3-6(11)4-2-5;;/h1-4,11H;1H3;/q;-1;. The minimum Gasteiger partial charge on any atom is -0.508 e. The summed E-state index contributed by atoms with van der Waals surface area (Å²) < 4.78 is 35.5. The van der Waals surface area contributed by atoms with Gasteiger partial charge in [-0.05, 0) is 24.3 Å². The molecule has 0 spiro atoms. The Labute approximate surface area is 87.3 Å². The molecule has 1 rings (SSSR count). The first kappa shape index (κ1) is 14.9. The molecule has 0 aliphatic heterocycles. The molecule has 1 N–H and O–H groups in total. The van der Waals surface area contributed by atoms with Crippen molar-refractivity contribution in [2.45, 2.75) is 6.18 Å². The summed E-state index contributed by atoms with van der Waals surface area (Å²) in [4.78, 5) is 0. The van der Waals surface area contributed by atoms with Gasteiger partial charge in [0.05, 0.1) is 5.56 Å².